The molecule has 2 N–H and O–H groups in total. The first-order valence-corrected chi connectivity index (χ1v) is 6.94. The highest BCUT2D eigenvalue weighted by Crippen LogP contribution is 2.21. The van der Waals surface area contributed by atoms with Crippen molar-refractivity contribution in [1.82, 2.24) is 0 Å². The Morgan fingerprint density at radius 3 is 2.57 bits per heavy atom. The highest BCUT2D eigenvalue weighted by atomic mass is 16.5. The molecule has 2 aromatic carbocycles. The summed E-state index contributed by atoms with van der Waals surface area (Å²) in [6, 6.07) is 12.1. The van der Waals surface area contributed by atoms with Crippen LogP contribution in [-0.4, -0.2) is 17.6 Å². The molecule has 0 saturated carbocycles. The summed E-state index contributed by atoms with van der Waals surface area (Å²) in [5.41, 5.74) is 1.84. The van der Waals surface area contributed by atoms with Gasteiger partial charge in [-0.25, -0.2) is 0 Å². The minimum absolute atomic E-state index is 0.0269. The minimum Gasteiger partial charge on any atom is -0.507 e. The molecule has 0 heterocycles. The number of anilines is 1. The zero-order valence-electron chi connectivity index (χ0n) is 12.2. The second kappa shape index (κ2) is 6.79. The van der Waals surface area contributed by atoms with Crippen molar-refractivity contribution in [1.29, 1.82) is 0 Å². The van der Waals surface area contributed by atoms with Gasteiger partial charge in [-0.2, -0.15) is 0 Å². The van der Waals surface area contributed by atoms with Gasteiger partial charge in [0.25, 0.3) is 5.91 Å². The zero-order chi connectivity index (χ0) is 15.2. The van der Waals surface area contributed by atoms with E-state index in [-0.39, 0.29) is 17.2 Å². The summed E-state index contributed by atoms with van der Waals surface area (Å²) in [4.78, 5) is 12.1. The molecule has 2 aromatic rings. The number of amides is 1. The fourth-order valence-electron chi connectivity index (χ4n) is 1.88. The van der Waals surface area contributed by atoms with Gasteiger partial charge in [-0.1, -0.05) is 18.6 Å². The smallest absolute Gasteiger partial charge is 0.259 e. The molecule has 0 aliphatic carbocycles. The van der Waals surface area contributed by atoms with Crippen molar-refractivity contribution in [3.8, 4) is 11.5 Å². The van der Waals surface area contributed by atoms with Crippen molar-refractivity contribution >= 4 is 11.6 Å². The van der Waals surface area contributed by atoms with Gasteiger partial charge >= 0.3 is 0 Å². The van der Waals surface area contributed by atoms with Crippen molar-refractivity contribution in [2.75, 3.05) is 11.9 Å². The highest BCUT2D eigenvalue weighted by Gasteiger charge is 2.11. The minimum atomic E-state index is -0.335. The molecule has 1 amide bonds. The number of carbonyl (C=O) groups excluding carboxylic acids is 1. The predicted octanol–water partition coefficient (Wildman–Crippen LogP) is 3.74. The van der Waals surface area contributed by atoms with E-state index in [4.69, 9.17) is 4.74 Å². The number of aryl methyl sites for hydroxylation is 1. The van der Waals surface area contributed by atoms with Crippen LogP contribution in [0.3, 0.4) is 0 Å². The van der Waals surface area contributed by atoms with Gasteiger partial charge in [0.2, 0.25) is 0 Å². The van der Waals surface area contributed by atoms with E-state index in [0.717, 1.165) is 17.7 Å². The molecule has 0 aromatic heterocycles. The van der Waals surface area contributed by atoms with Crippen LogP contribution in [0.1, 0.15) is 29.3 Å². The van der Waals surface area contributed by atoms with Crippen LogP contribution >= 0.6 is 0 Å². The molecular weight excluding hydrogens is 266 g/mol. The standard InChI is InChI=1S/C17H19NO3/c1-3-10-21-14-7-5-13(6-8-14)18-17(20)15-11-12(2)4-9-16(15)19/h4-9,11,19H,3,10H2,1-2H3,(H,18,20). The second-order valence-corrected chi connectivity index (χ2v) is 4.85. The van der Waals surface area contributed by atoms with Gasteiger partial charge in [0, 0.05) is 5.69 Å². The SMILES string of the molecule is CCCOc1ccc(NC(=O)c2cc(C)ccc2O)cc1. The summed E-state index contributed by atoms with van der Waals surface area (Å²) < 4.78 is 5.48. The number of hydrogen-bond acceptors (Lipinski definition) is 3. The highest BCUT2D eigenvalue weighted by molar-refractivity contribution is 6.06. The van der Waals surface area contributed by atoms with E-state index in [1.54, 1.807) is 36.4 Å². The van der Waals surface area contributed by atoms with E-state index in [9.17, 15) is 9.90 Å². The summed E-state index contributed by atoms with van der Waals surface area (Å²) in [5, 5.41) is 12.5. The fraction of sp³-hybridized carbons (Fsp3) is 0.235. The Hall–Kier alpha value is -2.49. The van der Waals surface area contributed by atoms with Gasteiger partial charge in [-0.05, 0) is 49.7 Å². The normalized spacial score (nSPS) is 10.2. The average molecular weight is 285 g/mol. The van der Waals surface area contributed by atoms with Gasteiger partial charge in [0.1, 0.15) is 11.5 Å². The number of phenolic OH excluding ortho intramolecular Hbond substituents is 1. The largest absolute Gasteiger partial charge is 0.507 e. The lowest BCUT2D eigenvalue weighted by molar-refractivity contribution is 0.102. The van der Waals surface area contributed by atoms with Crippen LogP contribution in [0.4, 0.5) is 5.69 Å². The lowest BCUT2D eigenvalue weighted by Crippen LogP contribution is -2.12. The molecule has 0 unspecified atom stereocenters. The molecule has 21 heavy (non-hydrogen) atoms. The zero-order valence-corrected chi connectivity index (χ0v) is 12.2. The van der Waals surface area contributed by atoms with E-state index in [0.29, 0.717) is 12.3 Å². The number of ether oxygens (including phenoxy) is 1. The number of aromatic hydroxyl groups is 1. The molecule has 0 aliphatic rings. The van der Waals surface area contributed by atoms with Crippen molar-refractivity contribution in [3.63, 3.8) is 0 Å². The van der Waals surface area contributed by atoms with Crippen LogP contribution in [0.5, 0.6) is 11.5 Å². The van der Waals surface area contributed by atoms with Crippen LogP contribution in [0.2, 0.25) is 0 Å². The molecule has 0 radical (unpaired) electrons. The van der Waals surface area contributed by atoms with Crippen molar-refractivity contribution in [2.24, 2.45) is 0 Å². The number of nitrogens with one attached hydrogen (secondary N) is 1. The Labute approximate surface area is 124 Å². The topological polar surface area (TPSA) is 58.6 Å². The number of rotatable bonds is 5. The maximum Gasteiger partial charge on any atom is 0.259 e. The Morgan fingerprint density at radius 2 is 1.90 bits per heavy atom. The molecular formula is C17H19NO3. The van der Waals surface area contributed by atoms with Gasteiger partial charge in [-0.3, -0.25) is 4.79 Å². The maximum atomic E-state index is 12.1. The molecule has 0 aliphatic heterocycles. The molecule has 4 heteroatoms. The van der Waals surface area contributed by atoms with Crippen LogP contribution in [0, 0.1) is 6.92 Å². The number of carbonyl (C=O) groups is 1. The summed E-state index contributed by atoms with van der Waals surface area (Å²) in [6.07, 6.45) is 0.950. The Kier molecular flexibility index (Phi) is 4.82. The van der Waals surface area contributed by atoms with E-state index >= 15 is 0 Å². The molecule has 0 saturated heterocycles. The Bertz CT molecular complexity index is 620. The van der Waals surface area contributed by atoms with E-state index in [1.165, 1.54) is 6.07 Å². The van der Waals surface area contributed by atoms with Crippen LogP contribution in [0.15, 0.2) is 42.5 Å². The van der Waals surface area contributed by atoms with Gasteiger partial charge in [0.05, 0.1) is 12.2 Å². The molecule has 0 fully saturated rings. The monoisotopic (exact) mass is 285 g/mol. The lowest BCUT2D eigenvalue weighted by Gasteiger charge is -2.09. The summed E-state index contributed by atoms with van der Waals surface area (Å²) in [7, 11) is 0. The van der Waals surface area contributed by atoms with Crippen molar-refractivity contribution < 1.29 is 14.6 Å². The van der Waals surface area contributed by atoms with Gasteiger partial charge in [0.15, 0.2) is 0 Å². The number of phenols is 1. The molecule has 0 spiro atoms. The Balaban J connectivity index is 2.07. The second-order valence-electron chi connectivity index (χ2n) is 4.85. The summed E-state index contributed by atoms with van der Waals surface area (Å²) in [6.45, 7) is 4.59. The third-order valence-electron chi connectivity index (χ3n) is 2.98. The third kappa shape index (κ3) is 3.99. The van der Waals surface area contributed by atoms with Crippen LogP contribution in [0.25, 0.3) is 0 Å². The molecule has 110 valence electrons. The molecule has 2 rings (SSSR count). The first kappa shape index (κ1) is 14.9. The average Bonchev–Trinajstić information content (AvgIpc) is 2.49. The first-order valence-electron chi connectivity index (χ1n) is 6.94. The van der Waals surface area contributed by atoms with Crippen molar-refractivity contribution in [2.45, 2.75) is 20.3 Å². The Morgan fingerprint density at radius 1 is 1.19 bits per heavy atom. The third-order valence-corrected chi connectivity index (χ3v) is 2.98. The maximum absolute atomic E-state index is 12.1. The van der Waals surface area contributed by atoms with Crippen molar-refractivity contribution in [3.05, 3.63) is 53.6 Å². The predicted molar refractivity (Wildman–Crippen MR) is 83.0 cm³/mol. The summed E-state index contributed by atoms with van der Waals surface area (Å²) >= 11 is 0. The van der Waals surface area contributed by atoms with Crippen LogP contribution in [-0.2, 0) is 0 Å². The first-order chi connectivity index (χ1) is 10.1. The van der Waals surface area contributed by atoms with Gasteiger partial charge in [-0.15, -0.1) is 0 Å². The van der Waals surface area contributed by atoms with E-state index < -0.39 is 0 Å². The summed E-state index contributed by atoms with van der Waals surface area (Å²) in [5.74, 6) is 0.410. The molecule has 0 atom stereocenters. The molecule has 0 bridgehead atoms. The number of hydrogen-bond donors (Lipinski definition) is 2. The fourth-order valence-corrected chi connectivity index (χ4v) is 1.88. The quantitative estimate of drug-likeness (QED) is 0.879. The van der Waals surface area contributed by atoms with E-state index in [2.05, 4.69) is 5.32 Å². The van der Waals surface area contributed by atoms with E-state index in [1.807, 2.05) is 13.8 Å². The molecule has 4 nitrogen and oxygen atoms in total. The lowest BCUT2D eigenvalue weighted by atomic mass is 10.1. The number of benzene rings is 2. The van der Waals surface area contributed by atoms with Crippen LogP contribution < -0.4 is 10.1 Å². The van der Waals surface area contributed by atoms with Gasteiger partial charge < -0.3 is 15.2 Å².